The van der Waals surface area contributed by atoms with Gasteiger partial charge in [-0.3, -0.25) is 9.89 Å². The van der Waals surface area contributed by atoms with Crippen molar-refractivity contribution in [2.24, 2.45) is 4.99 Å². The molecule has 2 nitrogen and oxygen atoms in total. The Morgan fingerprint density at radius 2 is 2.55 bits per heavy atom. The van der Waals surface area contributed by atoms with Gasteiger partial charge in [0.05, 0.1) is 10.3 Å². The number of halogens is 2. The summed E-state index contributed by atoms with van der Waals surface area (Å²) in [6, 6.07) is 0.415. The van der Waals surface area contributed by atoms with E-state index in [4.69, 9.17) is 0 Å². The maximum Gasteiger partial charge on any atom is 0.102 e. The standard InChI is InChI=1S/C7H12FIN2/c8-2-4-11-3-1-7(5-11)10-6-9/h6-7H,1-5H2/t7-/m0/s1. The molecule has 4 heteroatoms. The van der Waals surface area contributed by atoms with Crippen molar-refractivity contribution < 1.29 is 4.39 Å². The van der Waals surface area contributed by atoms with E-state index in [0.29, 0.717) is 12.6 Å². The number of aliphatic imine (C=N–C) groups is 1. The lowest BCUT2D eigenvalue weighted by atomic mass is 10.3. The van der Waals surface area contributed by atoms with Gasteiger partial charge in [-0.05, 0) is 29.0 Å². The highest BCUT2D eigenvalue weighted by molar-refractivity contribution is 14.1. The molecule has 0 aliphatic carbocycles. The Bertz CT molecular complexity index is 140. The molecule has 0 N–H and O–H groups in total. The van der Waals surface area contributed by atoms with Gasteiger partial charge in [-0.15, -0.1) is 0 Å². The third-order valence-corrected chi connectivity index (χ3v) is 2.24. The molecule has 0 unspecified atom stereocenters. The van der Waals surface area contributed by atoms with Crippen LogP contribution in [-0.2, 0) is 0 Å². The second-order valence-electron chi connectivity index (χ2n) is 2.68. The molecule has 1 atom stereocenters. The molecule has 1 aliphatic rings. The molecule has 1 saturated heterocycles. The summed E-state index contributed by atoms with van der Waals surface area (Å²) in [5.74, 6) is 0. The number of alkyl halides is 1. The van der Waals surface area contributed by atoms with E-state index in [9.17, 15) is 4.39 Å². The SMILES string of the molecule is FCCN1CC[C@H](N=CI)C1. The quantitative estimate of drug-likeness (QED) is 0.560. The molecular formula is C7H12FIN2. The van der Waals surface area contributed by atoms with Gasteiger partial charge in [-0.2, -0.15) is 0 Å². The van der Waals surface area contributed by atoms with E-state index >= 15 is 0 Å². The van der Waals surface area contributed by atoms with E-state index in [1.54, 1.807) is 4.22 Å². The summed E-state index contributed by atoms with van der Waals surface area (Å²) >= 11 is 2.12. The third kappa shape index (κ3) is 3.02. The highest BCUT2D eigenvalue weighted by Crippen LogP contribution is 2.11. The van der Waals surface area contributed by atoms with Crippen LogP contribution in [0, 0.1) is 0 Å². The van der Waals surface area contributed by atoms with Gasteiger partial charge in [-0.1, -0.05) is 0 Å². The topological polar surface area (TPSA) is 15.6 Å². The number of hydrogen-bond donors (Lipinski definition) is 0. The minimum absolute atomic E-state index is 0.235. The third-order valence-electron chi connectivity index (χ3n) is 1.92. The molecule has 0 aromatic carbocycles. The molecule has 1 heterocycles. The van der Waals surface area contributed by atoms with E-state index in [2.05, 4.69) is 32.5 Å². The van der Waals surface area contributed by atoms with Crippen LogP contribution in [0.1, 0.15) is 6.42 Å². The van der Waals surface area contributed by atoms with E-state index in [0.717, 1.165) is 19.5 Å². The van der Waals surface area contributed by atoms with E-state index in [-0.39, 0.29) is 6.67 Å². The van der Waals surface area contributed by atoms with Crippen LogP contribution in [0.25, 0.3) is 0 Å². The maximum absolute atomic E-state index is 11.9. The summed E-state index contributed by atoms with van der Waals surface area (Å²) in [5, 5.41) is 0. The molecule has 0 saturated carbocycles. The van der Waals surface area contributed by atoms with Crippen LogP contribution in [0.15, 0.2) is 4.99 Å². The van der Waals surface area contributed by atoms with Gasteiger partial charge in [0.25, 0.3) is 0 Å². The molecule has 1 aliphatic heterocycles. The Hall–Kier alpha value is 0.290. The first-order valence-corrected chi connectivity index (χ1v) is 5.01. The Kier molecular flexibility index (Phi) is 4.29. The Morgan fingerprint density at radius 3 is 3.18 bits per heavy atom. The van der Waals surface area contributed by atoms with Crippen LogP contribution >= 0.6 is 22.6 Å². The lowest BCUT2D eigenvalue weighted by Crippen LogP contribution is -2.23. The summed E-state index contributed by atoms with van der Waals surface area (Å²) in [7, 11) is 0. The lowest BCUT2D eigenvalue weighted by Gasteiger charge is -2.11. The minimum atomic E-state index is -0.235. The molecule has 0 amide bonds. The fourth-order valence-corrected chi connectivity index (χ4v) is 1.79. The predicted octanol–water partition coefficient (Wildman–Crippen LogP) is 1.49. The van der Waals surface area contributed by atoms with Crippen molar-refractivity contribution in [2.75, 3.05) is 26.3 Å². The first-order valence-electron chi connectivity index (χ1n) is 3.77. The number of hydrogen-bond acceptors (Lipinski definition) is 2. The molecule has 1 rings (SSSR count). The Morgan fingerprint density at radius 1 is 1.73 bits per heavy atom. The molecule has 1 fully saturated rings. The van der Waals surface area contributed by atoms with Crippen molar-refractivity contribution in [1.29, 1.82) is 0 Å². The fourth-order valence-electron chi connectivity index (χ4n) is 1.34. The summed E-state index contributed by atoms with van der Waals surface area (Å²) in [4.78, 5) is 6.37. The van der Waals surface area contributed by atoms with Gasteiger partial charge in [0.1, 0.15) is 6.67 Å². The van der Waals surface area contributed by atoms with Crippen molar-refractivity contribution in [3.05, 3.63) is 0 Å². The number of rotatable bonds is 3. The van der Waals surface area contributed by atoms with E-state index in [1.807, 2.05) is 0 Å². The summed E-state index contributed by atoms with van der Waals surface area (Å²) in [6.45, 7) is 2.28. The van der Waals surface area contributed by atoms with Crippen LogP contribution in [0.3, 0.4) is 0 Å². The van der Waals surface area contributed by atoms with E-state index < -0.39 is 0 Å². The van der Waals surface area contributed by atoms with E-state index in [1.165, 1.54) is 0 Å². The van der Waals surface area contributed by atoms with Crippen molar-refractivity contribution >= 4 is 26.8 Å². The average molecular weight is 270 g/mol. The van der Waals surface area contributed by atoms with Gasteiger partial charge in [0.2, 0.25) is 0 Å². The highest BCUT2D eigenvalue weighted by Gasteiger charge is 2.20. The maximum atomic E-state index is 11.9. The Balaban J connectivity index is 2.23. The minimum Gasteiger partial charge on any atom is -0.299 e. The monoisotopic (exact) mass is 270 g/mol. The van der Waals surface area contributed by atoms with Gasteiger partial charge < -0.3 is 0 Å². The van der Waals surface area contributed by atoms with Crippen molar-refractivity contribution in [3.63, 3.8) is 0 Å². The predicted molar refractivity (Wildman–Crippen MR) is 53.3 cm³/mol. The molecule has 0 spiro atoms. The molecule has 11 heavy (non-hydrogen) atoms. The average Bonchev–Trinajstić information content (AvgIpc) is 2.38. The molecule has 0 aromatic heterocycles. The summed E-state index contributed by atoms with van der Waals surface area (Å²) < 4.78 is 13.7. The lowest BCUT2D eigenvalue weighted by molar-refractivity contribution is 0.295. The van der Waals surface area contributed by atoms with Crippen LogP contribution in [-0.4, -0.2) is 41.5 Å². The Labute approximate surface area is 80.0 Å². The second-order valence-corrected chi connectivity index (χ2v) is 3.24. The zero-order valence-corrected chi connectivity index (χ0v) is 8.50. The van der Waals surface area contributed by atoms with Crippen molar-refractivity contribution in [3.8, 4) is 0 Å². The molecule has 0 bridgehead atoms. The largest absolute Gasteiger partial charge is 0.299 e. The van der Waals surface area contributed by atoms with Crippen LogP contribution in [0.5, 0.6) is 0 Å². The smallest absolute Gasteiger partial charge is 0.102 e. The number of likely N-dealkylation sites (tertiary alicyclic amines) is 1. The van der Waals surface area contributed by atoms with Gasteiger partial charge >= 0.3 is 0 Å². The fraction of sp³-hybridized carbons (Fsp3) is 0.857. The zero-order valence-electron chi connectivity index (χ0n) is 6.34. The van der Waals surface area contributed by atoms with Gasteiger partial charge in [0.15, 0.2) is 0 Å². The van der Waals surface area contributed by atoms with Crippen LogP contribution < -0.4 is 0 Å². The highest BCUT2D eigenvalue weighted by atomic mass is 127. The van der Waals surface area contributed by atoms with Crippen molar-refractivity contribution in [1.82, 2.24) is 4.90 Å². The molecule has 64 valence electrons. The molecule has 0 radical (unpaired) electrons. The molecular weight excluding hydrogens is 258 g/mol. The summed E-state index contributed by atoms with van der Waals surface area (Å²) in [5.41, 5.74) is 0. The zero-order chi connectivity index (χ0) is 8.10. The van der Waals surface area contributed by atoms with Gasteiger partial charge in [0, 0.05) is 19.6 Å². The first kappa shape index (κ1) is 9.38. The second kappa shape index (κ2) is 5.03. The van der Waals surface area contributed by atoms with Crippen LogP contribution in [0.2, 0.25) is 0 Å². The number of nitrogens with zero attached hydrogens (tertiary/aromatic N) is 2. The molecule has 0 aromatic rings. The summed E-state index contributed by atoms with van der Waals surface area (Å²) in [6.07, 6.45) is 1.08. The normalized spacial score (nSPS) is 26.9. The first-order chi connectivity index (χ1) is 5.36. The van der Waals surface area contributed by atoms with Crippen molar-refractivity contribution in [2.45, 2.75) is 12.5 Å². The van der Waals surface area contributed by atoms with Gasteiger partial charge in [-0.25, -0.2) is 4.39 Å². The van der Waals surface area contributed by atoms with Crippen LogP contribution in [0.4, 0.5) is 4.39 Å².